The average Bonchev–Trinajstić information content (AvgIpc) is 3.46. The van der Waals surface area contributed by atoms with E-state index in [2.05, 4.69) is 46.2 Å². The van der Waals surface area contributed by atoms with E-state index in [1.54, 1.807) is 0 Å². The molecule has 0 radical (unpaired) electrons. The van der Waals surface area contributed by atoms with E-state index in [1.807, 2.05) is 58.2 Å². The molecule has 0 saturated carbocycles. The Hall–Kier alpha value is -3.43. The van der Waals surface area contributed by atoms with Crippen LogP contribution in [0.2, 0.25) is 0 Å². The Balaban J connectivity index is 1.41. The molecule has 4 heterocycles. The van der Waals surface area contributed by atoms with Gasteiger partial charge in [-0.3, -0.25) is 9.11 Å². The number of likely N-dealkylation sites (tertiary alicyclic amines) is 1. The number of ether oxygens (including phenoxy) is 1. The summed E-state index contributed by atoms with van der Waals surface area (Å²) in [5.74, 6) is 2.66. The molecule has 0 spiro atoms. The average molecular weight is 559 g/mol. The number of hydrogen-bond donors (Lipinski definition) is 2. The maximum absolute atomic E-state index is 13.1. The van der Waals surface area contributed by atoms with Gasteiger partial charge in [-0.25, -0.2) is 0 Å². The first-order chi connectivity index (χ1) is 19.2. The van der Waals surface area contributed by atoms with Gasteiger partial charge in [0.15, 0.2) is 6.23 Å². The molecule has 210 valence electrons. The summed E-state index contributed by atoms with van der Waals surface area (Å²) in [5, 5.41) is 4.42. The molecule has 1 saturated heterocycles. The summed E-state index contributed by atoms with van der Waals surface area (Å²) in [7, 11) is 1.05. The van der Waals surface area contributed by atoms with Gasteiger partial charge in [-0.15, -0.1) is 0 Å². The van der Waals surface area contributed by atoms with E-state index in [0.717, 1.165) is 51.7 Å². The number of anilines is 4. The van der Waals surface area contributed by atoms with Gasteiger partial charge in [0.2, 0.25) is 5.95 Å². The lowest BCUT2D eigenvalue weighted by Gasteiger charge is -2.30. The topological polar surface area (TPSA) is 86.4 Å². The zero-order valence-electron chi connectivity index (χ0n) is 24.1. The van der Waals surface area contributed by atoms with Gasteiger partial charge in [-0.05, 0) is 101 Å². The van der Waals surface area contributed by atoms with Crippen LogP contribution in [0.5, 0.6) is 5.75 Å². The van der Waals surface area contributed by atoms with Crippen LogP contribution in [0, 0.1) is 13.8 Å². The highest BCUT2D eigenvalue weighted by molar-refractivity contribution is 7.85. The summed E-state index contributed by atoms with van der Waals surface area (Å²) in [5.41, 5.74) is 6.21. The van der Waals surface area contributed by atoms with Crippen molar-refractivity contribution in [3.8, 4) is 5.75 Å². The van der Waals surface area contributed by atoms with E-state index < -0.39 is 10.8 Å². The summed E-state index contributed by atoms with van der Waals surface area (Å²) in [6.07, 6.45) is 4.02. The number of benzene rings is 2. The molecule has 2 aliphatic rings. The third-order valence-electron chi connectivity index (χ3n) is 8.14. The summed E-state index contributed by atoms with van der Waals surface area (Å²) < 4.78 is 19.5. The Bertz CT molecular complexity index is 1590. The summed E-state index contributed by atoms with van der Waals surface area (Å²) in [6, 6.07) is 12.2. The number of aromatic amines is 1. The van der Waals surface area contributed by atoms with E-state index in [1.165, 1.54) is 24.0 Å². The van der Waals surface area contributed by atoms with Crippen molar-refractivity contribution in [3.63, 3.8) is 0 Å². The van der Waals surface area contributed by atoms with Crippen LogP contribution in [0.1, 0.15) is 56.2 Å². The highest BCUT2D eigenvalue weighted by atomic mass is 32.2. The van der Waals surface area contributed by atoms with Crippen LogP contribution >= 0.6 is 0 Å². The first kappa shape index (κ1) is 26.8. The highest BCUT2D eigenvalue weighted by Crippen LogP contribution is 2.45. The van der Waals surface area contributed by atoms with Crippen molar-refractivity contribution >= 4 is 45.0 Å². The number of aryl methyl sites for hydroxylation is 2. The molecule has 4 aromatic rings. The van der Waals surface area contributed by atoms with Crippen molar-refractivity contribution in [2.75, 3.05) is 30.4 Å². The minimum absolute atomic E-state index is 0.000302. The molecular weight excluding hydrogens is 520 g/mol. The van der Waals surface area contributed by atoms with Crippen molar-refractivity contribution in [2.24, 2.45) is 0 Å². The van der Waals surface area contributed by atoms with Crippen molar-refractivity contribution in [3.05, 3.63) is 59.3 Å². The molecule has 2 atom stereocenters. The second kappa shape index (κ2) is 10.5. The number of fused-ring (bicyclic) bond motifs is 2. The maximum atomic E-state index is 13.1. The molecule has 40 heavy (non-hydrogen) atoms. The molecule has 2 unspecified atom stereocenters. The predicted molar refractivity (Wildman–Crippen MR) is 163 cm³/mol. The van der Waals surface area contributed by atoms with Crippen molar-refractivity contribution in [1.82, 2.24) is 19.9 Å². The number of aromatic nitrogens is 3. The van der Waals surface area contributed by atoms with E-state index in [-0.39, 0.29) is 11.5 Å². The van der Waals surface area contributed by atoms with Crippen LogP contribution < -0.4 is 15.0 Å². The van der Waals surface area contributed by atoms with Gasteiger partial charge < -0.3 is 19.9 Å². The Labute approximate surface area is 238 Å². The van der Waals surface area contributed by atoms with Crippen molar-refractivity contribution in [1.29, 1.82) is 0 Å². The molecule has 8 nitrogen and oxygen atoms in total. The van der Waals surface area contributed by atoms with E-state index in [9.17, 15) is 4.21 Å². The van der Waals surface area contributed by atoms with Gasteiger partial charge in [0.05, 0.1) is 32.5 Å². The van der Waals surface area contributed by atoms with Gasteiger partial charge in [-0.2, -0.15) is 9.97 Å². The Morgan fingerprint density at radius 1 is 1.10 bits per heavy atom. The van der Waals surface area contributed by atoms with E-state index >= 15 is 0 Å². The highest BCUT2D eigenvalue weighted by Gasteiger charge is 2.34. The van der Waals surface area contributed by atoms with Crippen LogP contribution in [0.25, 0.3) is 11.0 Å². The molecule has 2 N–H and O–H groups in total. The number of nitrogens with zero attached hydrogens (tertiary/aromatic N) is 4. The fraction of sp³-hybridized carbons (Fsp3) is 0.419. The Morgan fingerprint density at radius 3 is 2.60 bits per heavy atom. The van der Waals surface area contributed by atoms with E-state index in [0.29, 0.717) is 17.7 Å². The van der Waals surface area contributed by atoms with Crippen LogP contribution in [-0.2, 0) is 10.8 Å². The molecule has 6 rings (SSSR count). The number of piperidine rings is 1. The molecule has 2 aromatic heterocycles. The molecule has 9 heteroatoms. The third kappa shape index (κ3) is 4.75. The first-order valence-corrected chi connectivity index (χ1v) is 15.3. The fourth-order valence-electron chi connectivity index (χ4n) is 5.93. The smallest absolute Gasteiger partial charge is 0.237 e. The zero-order valence-corrected chi connectivity index (χ0v) is 24.9. The number of rotatable bonds is 6. The van der Waals surface area contributed by atoms with Crippen molar-refractivity contribution in [2.45, 2.75) is 69.8 Å². The molecular formula is C31H38N6O2S. The second-order valence-corrected chi connectivity index (χ2v) is 13.4. The number of hydrogen-bond acceptors (Lipinski definition) is 7. The minimum atomic E-state index is -1.15. The Kier molecular flexibility index (Phi) is 7.04. The molecule has 0 aliphatic carbocycles. The van der Waals surface area contributed by atoms with Gasteiger partial charge in [0.25, 0.3) is 0 Å². The van der Waals surface area contributed by atoms with Crippen molar-refractivity contribution < 1.29 is 8.95 Å². The first-order valence-electron chi connectivity index (χ1n) is 14.1. The maximum Gasteiger partial charge on any atom is 0.237 e. The molecule has 0 amide bonds. The van der Waals surface area contributed by atoms with Gasteiger partial charge in [0, 0.05) is 11.4 Å². The normalized spacial score (nSPS) is 18.8. The van der Waals surface area contributed by atoms with Gasteiger partial charge in [-0.1, -0.05) is 26.0 Å². The number of nitrogens with one attached hydrogen (secondary N) is 2. The standard InChI is InChI=1S/C31H38N6O2S/c1-18(2)40(38)27-10-8-7-9-24(27)33-30-28-20(4)17-32-29(28)34-31(35-30)37-21(5)39-26-16-23(19(3)15-25(26)37)22-11-13-36(6)14-12-22/h7-10,15-18,21-22H,11-14H2,1-6H3,(H2,32,33,34,35). The van der Waals surface area contributed by atoms with E-state index in [4.69, 9.17) is 14.7 Å². The summed E-state index contributed by atoms with van der Waals surface area (Å²) in [4.78, 5) is 18.5. The monoisotopic (exact) mass is 558 g/mol. The second-order valence-electron chi connectivity index (χ2n) is 11.4. The van der Waals surface area contributed by atoms with Crippen LogP contribution in [0.3, 0.4) is 0 Å². The molecule has 1 fully saturated rings. The van der Waals surface area contributed by atoms with Crippen LogP contribution in [0.15, 0.2) is 47.5 Å². The molecule has 2 aliphatic heterocycles. The third-order valence-corrected chi connectivity index (χ3v) is 9.79. The molecule has 0 bridgehead atoms. The zero-order chi connectivity index (χ0) is 28.1. The summed E-state index contributed by atoms with van der Waals surface area (Å²) in [6.45, 7) is 12.5. The number of para-hydroxylation sites is 1. The minimum Gasteiger partial charge on any atom is -0.468 e. The fourth-order valence-corrected chi connectivity index (χ4v) is 6.99. The van der Waals surface area contributed by atoms with Gasteiger partial charge in [0.1, 0.15) is 17.2 Å². The summed E-state index contributed by atoms with van der Waals surface area (Å²) >= 11 is 0. The van der Waals surface area contributed by atoms with Gasteiger partial charge >= 0.3 is 0 Å². The SMILES string of the molecule is Cc1cc2c(cc1C1CCN(C)CC1)OC(C)N2c1nc(Nc2ccccc2S(=O)C(C)C)c2c(C)c[nH]c2n1. The lowest BCUT2D eigenvalue weighted by atomic mass is 9.86. The number of H-pyrrole nitrogens is 1. The van der Waals surface area contributed by atoms with Crippen LogP contribution in [-0.4, -0.2) is 55.7 Å². The predicted octanol–water partition coefficient (Wildman–Crippen LogP) is 6.52. The lowest BCUT2D eigenvalue weighted by Crippen LogP contribution is -2.29. The molecule has 2 aromatic carbocycles. The van der Waals surface area contributed by atoms with Crippen LogP contribution in [0.4, 0.5) is 23.1 Å². The largest absolute Gasteiger partial charge is 0.468 e. The Morgan fingerprint density at radius 2 is 1.85 bits per heavy atom. The quantitative estimate of drug-likeness (QED) is 0.279. The lowest BCUT2D eigenvalue weighted by molar-refractivity contribution is 0.249.